The average molecular weight is 330 g/mol. The first-order chi connectivity index (χ1) is 11.1. The van der Waals surface area contributed by atoms with Crippen molar-refractivity contribution in [3.05, 3.63) is 40.4 Å². The molecule has 1 aromatic heterocycles. The number of carbonyl (C=O) groups excluding carboxylic acids is 2. The first kappa shape index (κ1) is 15.7. The highest BCUT2D eigenvalue weighted by Gasteiger charge is 2.30. The lowest BCUT2D eigenvalue weighted by molar-refractivity contribution is -0.115. The van der Waals surface area contributed by atoms with Gasteiger partial charge in [-0.3, -0.25) is 9.59 Å². The smallest absolute Gasteiger partial charge is 0.225 e. The van der Waals surface area contributed by atoms with E-state index in [1.54, 1.807) is 14.0 Å². The summed E-state index contributed by atoms with van der Waals surface area (Å²) in [5, 5.41) is 3.26. The van der Waals surface area contributed by atoms with Gasteiger partial charge in [0, 0.05) is 12.8 Å². The van der Waals surface area contributed by atoms with Crippen LogP contribution in [0.4, 0.5) is 5.13 Å². The Morgan fingerprint density at radius 3 is 2.74 bits per heavy atom. The summed E-state index contributed by atoms with van der Waals surface area (Å²) in [5.41, 5.74) is 1.90. The second-order valence-corrected chi connectivity index (χ2v) is 6.50. The zero-order chi connectivity index (χ0) is 16.4. The number of hydrogen-bond donors (Lipinski definition) is 1. The maximum Gasteiger partial charge on any atom is 0.225 e. The van der Waals surface area contributed by atoms with E-state index in [2.05, 4.69) is 10.3 Å². The second-order valence-electron chi connectivity index (χ2n) is 5.50. The van der Waals surface area contributed by atoms with Crippen molar-refractivity contribution in [2.75, 3.05) is 12.4 Å². The molecule has 3 rings (SSSR count). The van der Waals surface area contributed by atoms with E-state index in [1.165, 1.54) is 11.3 Å². The molecule has 1 unspecified atom stereocenters. The summed E-state index contributed by atoms with van der Waals surface area (Å²) in [7, 11) is 1.63. The predicted octanol–water partition coefficient (Wildman–Crippen LogP) is 3.41. The molecule has 1 N–H and O–H groups in total. The molecule has 0 spiro atoms. The quantitative estimate of drug-likeness (QED) is 0.933. The number of benzene rings is 1. The maximum absolute atomic E-state index is 12.4. The van der Waals surface area contributed by atoms with Crippen LogP contribution in [0, 0.1) is 0 Å². The summed E-state index contributed by atoms with van der Waals surface area (Å²) < 4.78 is 5.17. The van der Waals surface area contributed by atoms with Crippen LogP contribution in [0.5, 0.6) is 5.75 Å². The van der Waals surface area contributed by atoms with E-state index in [0.717, 1.165) is 17.0 Å². The number of methoxy groups -OCH3 is 1. The Morgan fingerprint density at radius 2 is 2.09 bits per heavy atom. The Bertz CT molecular complexity index is 737. The molecule has 1 heterocycles. The van der Waals surface area contributed by atoms with E-state index in [1.807, 2.05) is 24.3 Å². The average Bonchev–Trinajstić information content (AvgIpc) is 2.97. The molecule has 0 fully saturated rings. The number of hydrogen-bond acceptors (Lipinski definition) is 5. The highest BCUT2D eigenvalue weighted by Crippen LogP contribution is 2.37. The number of rotatable bonds is 4. The van der Waals surface area contributed by atoms with E-state index in [0.29, 0.717) is 29.3 Å². The van der Waals surface area contributed by atoms with Gasteiger partial charge in [-0.05, 0) is 30.0 Å². The third kappa shape index (κ3) is 3.27. The third-order valence-electron chi connectivity index (χ3n) is 3.98. The number of nitrogens with one attached hydrogen (secondary N) is 1. The largest absolute Gasteiger partial charge is 0.497 e. The van der Waals surface area contributed by atoms with Gasteiger partial charge in [0.25, 0.3) is 0 Å². The fourth-order valence-corrected chi connectivity index (χ4v) is 3.66. The van der Waals surface area contributed by atoms with Gasteiger partial charge in [0.15, 0.2) is 10.9 Å². The molecule has 0 aliphatic heterocycles. The van der Waals surface area contributed by atoms with E-state index < -0.39 is 0 Å². The Morgan fingerprint density at radius 1 is 1.35 bits per heavy atom. The van der Waals surface area contributed by atoms with Crippen molar-refractivity contribution >= 4 is 28.2 Å². The van der Waals surface area contributed by atoms with Crippen LogP contribution in [0.25, 0.3) is 0 Å². The van der Waals surface area contributed by atoms with Crippen LogP contribution >= 0.6 is 11.3 Å². The van der Waals surface area contributed by atoms with Crippen molar-refractivity contribution in [2.24, 2.45) is 0 Å². The van der Waals surface area contributed by atoms with E-state index in [9.17, 15) is 9.59 Å². The van der Waals surface area contributed by atoms with Gasteiger partial charge in [0.2, 0.25) is 5.91 Å². The minimum Gasteiger partial charge on any atom is -0.497 e. The molecule has 1 aliphatic carbocycles. The molecule has 1 amide bonds. The normalized spacial score (nSPS) is 16.8. The van der Waals surface area contributed by atoms with Crippen LogP contribution in [0.1, 0.15) is 46.6 Å². The third-order valence-corrected chi connectivity index (χ3v) is 5.03. The molecule has 0 radical (unpaired) electrons. The van der Waals surface area contributed by atoms with Gasteiger partial charge >= 0.3 is 0 Å². The Kier molecular flexibility index (Phi) is 4.43. The van der Waals surface area contributed by atoms with E-state index in [-0.39, 0.29) is 17.6 Å². The van der Waals surface area contributed by atoms with Crippen molar-refractivity contribution in [1.82, 2.24) is 4.98 Å². The van der Waals surface area contributed by atoms with Gasteiger partial charge in [-0.15, -0.1) is 0 Å². The molecule has 23 heavy (non-hydrogen) atoms. The number of fused-ring (bicyclic) bond motifs is 1. The number of aromatic nitrogens is 1. The van der Waals surface area contributed by atoms with Gasteiger partial charge in [-0.1, -0.05) is 30.4 Å². The molecule has 1 aromatic carbocycles. The van der Waals surface area contributed by atoms with Crippen LogP contribution < -0.4 is 10.1 Å². The highest BCUT2D eigenvalue weighted by atomic mass is 32.1. The Labute approximate surface area is 138 Å². The van der Waals surface area contributed by atoms with Gasteiger partial charge in [-0.2, -0.15) is 0 Å². The van der Waals surface area contributed by atoms with E-state index in [4.69, 9.17) is 4.74 Å². The topological polar surface area (TPSA) is 68.3 Å². The molecule has 2 aromatic rings. The molecular weight excluding hydrogens is 312 g/mol. The Balaban J connectivity index is 1.81. The first-order valence-corrected chi connectivity index (χ1v) is 8.39. The molecule has 0 saturated heterocycles. The van der Waals surface area contributed by atoms with Gasteiger partial charge < -0.3 is 10.1 Å². The van der Waals surface area contributed by atoms with Gasteiger partial charge in [0.1, 0.15) is 5.75 Å². The van der Waals surface area contributed by atoms with Crippen LogP contribution in [-0.4, -0.2) is 23.8 Å². The number of ketones is 1. The molecule has 1 atom stereocenters. The van der Waals surface area contributed by atoms with Crippen molar-refractivity contribution < 1.29 is 14.3 Å². The highest BCUT2D eigenvalue weighted by molar-refractivity contribution is 7.17. The number of ether oxygens (including phenoxy) is 1. The molecule has 6 heteroatoms. The van der Waals surface area contributed by atoms with Crippen LogP contribution in [0.2, 0.25) is 0 Å². The zero-order valence-electron chi connectivity index (χ0n) is 13.1. The molecule has 1 aliphatic rings. The number of anilines is 1. The monoisotopic (exact) mass is 330 g/mol. The van der Waals surface area contributed by atoms with Crippen molar-refractivity contribution in [3.8, 4) is 5.75 Å². The zero-order valence-corrected chi connectivity index (χ0v) is 13.9. The molecular formula is C17H18N2O3S. The second kappa shape index (κ2) is 6.50. The number of amides is 1. The fourth-order valence-electron chi connectivity index (χ4n) is 2.70. The minimum atomic E-state index is -0.0877. The first-order valence-electron chi connectivity index (χ1n) is 7.57. The van der Waals surface area contributed by atoms with Crippen LogP contribution in [0.15, 0.2) is 24.3 Å². The number of nitrogens with zero attached hydrogens (tertiary/aromatic N) is 1. The van der Waals surface area contributed by atoms with Gasteiger partial charge in [-0.25, -0.2) is 4.98 Å². The molecule has 120 valence electrons. The van der Waals surface area contributed by atoms with Crippen molar-refractivity contribution in [2.45, 2.75) is 32.1 Å². The van der Waals surface area contributed by atoms with Crippen molar-refractivity contribution in [3.63, 3.8) is 0 Å². The van der Waals surface area contributed by atoms with Crippen LogP contribution in [-0.2, 0) is 11.2 Å². The minimum absolute atomic E-state index is 0.0877. The molecule has 0 bridgehead atoms. The Hall–Kier alpha value is -2.21. The standard InChI is InChI=1S/C17H18N2O3S/c1-3-15(21)19-17-18-13-8-11(9-14(20)16(13)23-17)10-4-6-12(22-2)7-5-10/h4-7,11H,3,8-9H2,1-2H3,(H,18,19,21). The van der Waals surface area contributed by atoms with Crippen molar-refractivity contribution in [1.29, 1.82) is 0 Å². The number of Topliss-reactive ketones (excluding diaryl/α,β-unsaturated/α-hetero) is 1. The SMILES string of the molecule is CCC(=O)Nc1nc2c(s1)C(=O)CC(c1ccc(OC)cc1)C2. The molecule has 0 saturated carbocycles. The fraction of sp³-hybridized carbons (Fsp3) is 0.353. The van der Waals surface area contributed by atoms with E-state index >= 15 is 0 Å². The lowest BCUT2D eigenvalue weighted by Gasteiger charge is -2.20. The summed E-state index contributed by atoms with van der Waals surface area (Å²) in [6, 6.07) is 7.80. The lowest BCUT2D eigenvalue weighted by atomic mass is 9.84. The summed E-state index contributed by atoms with van der Waals surface area (Å²) in [4.78, 5) is 29.0. The van der Waals surface area contributed by atoms with Crippen LogP contribution in [0.3, 0.4) is 0 Å². The summed E-state index contributed by atoms with van der Waals surface area (Å²) in [6.45, 7) is 1.79. The van der Waals surface area contributed by atoms with Gasteiger partial charge in [0.05, 0.1) is 17.7 Å². The maximum atomic E-state index is 12.4. The summed E-state index contributed by atoms with van der Waals surface area (Å²) >= 11 is 1.28. The summed E-state index contributed by atoms with van der Waals surface area (Å²) in [6.07, 6.45) is 1.58. The predicted molar refractivity (Wildman–Crippen MR) is 89.4 cm³/mol. The number of thiazole rings is 1. The lowest BCUT2D eigenvalue weighted by Crippen LogP contribution is -2.17. The summed E-state index contributed by atoms with van der Waals surface area (Å²) in [5.74, 6) is 0.935. The number of carbonyl (C=O) groups is 2. The molecule has 5 nitrogen and oxygen atoms in total.